The Morgan fingerprint density at radius 1 is 0.772 bits per heavy atom. The monoisotopic (exact) mass is 806 g/mol. The van der Waals surface area contributed by atoms with Gasteiger partial charge in [-0.05, 0) is 80.4 Å². The summed E-state index contributed by atoms with van der Waals surface area (Å²) in [5.41, 5.74) is 2.30. The van der Waals surface area contributed by atoms with Gasteiger partial charge in [0.05, 0.1) is 36.5 Å². The smallest absolute Gasteiger partial charge is 0.341 e. The van der Waals surface area contributed by atoms with Crippen LogP contribution < -0.4 is 30.7 Å². The molecule has 57 heavy (non-hydrogen) atoms. The summed E-state index contributed by atoms with van der Waals surface area (Å²) in [4.78, 5) is 68.2. The predicted octanol–water partition coefficient (Wildman–Crippen LogP) is 8.42. The number of rotatable bonds is 16. The fourth-order valence-corrected chi connectivity index (χ4v) is 7.73. The molecule has 0 radical (unpaired) electrons. The number of benzene rings is 4. The molecule has 1 heterocycles. The zero-order valence-corrected chi connectivity index (χ0v) is 33.6. The minimum absolute atomic E-state index is 0.0558. The number of para-hydroxylation sites is 2. The SMILES string of the molecule is CCOC(=O)c1c(NC(=O)C(CC)Sc2cccc(NC(=O)/C(=C\c3cccc(OC)c3OC)NC(=O)c3ccccc3)c2)sc(C(=O)Nc2ccccc2)c1C. The number of thiophene rings is 1. The third-order valence-corrected chi connectivity index (χ3v) is 11.0. The van der Waals surface area contributed by atoms with E-state index in [-0.39, 0.29) is 33.7 Å². The molecule has 294 valence electrons. The summed E-state index contributed by atoms with van der Waals surface area (Å²) < 4.78 is 16.3. The van der Waals surface area contributed by atoms with Crippen LogP contribution in [0.5, 0.6) is 11.5 Å². The Balaban J connectivity index is 1.36. The highest BCUT2D eigenvalue weighted by atomic mass is 32.2. The van der Waals surface area contributed by atoms with Crippen molar-refractivity contribution in [2.75, 3.05) is 36.8 Å². The Kier molecular flexibility index (Phi) is 14.6. The van der Waals surface area contributed by atoms with Crippen molar-refractivity contribution in [1.82, 2.24) is 5.32 Å². The molecule has 1 unspecified atom stereocenters. The topological polar surface area (TPSA) is 161 Å². The van der Waals surface area contributed by atoms with Crippen LogP contribution >= 0.6 is 23.1 Å². The number of amides is 4. The number of anilines is 3. The van der Waals surface area contributed by atoms with Crippen LogP contribution in [-0.2, 0) is 14.3 Å². The molecule has 0 saturated heterocycles. The van der Waals surface area contributed by atoms with Gasteiger partial charge >= 0.3 is 5.97 Å². The van der Waals surface area contributed by atoms with Crippen molar-refractivity contribution < 1.29 is 38.2 Å². The van der Waals surface area contributed by atoms with Gasteiger partial charge < -0.3 is 35.5 Å². The molecule has 4 aromatic carbocycles. The van der Waals surface area contributed by atoms with E-state index in [9.17, 15) is 24.0 Å². The van der Waals surface area contributed by atoms with E-state index in [0.717, 1.165) is 11.3 Å². The second kappa shape index (κ2) is 20.0. The molecule has 14 heteroatoms. The second-order valence-corrected chi connectivity index (χ2v) is 14.5. The maximum atomic E-state index is 13.9. The van der Waals surface area contributed by atoms with Crippen molar-refractivity contribution in [3.63, 3.8) is 0 Å². The van der Waals surface area contributed by atoms with Gasteiger partial charge in [0.1, 0.15) is 10.7 Å². The van der Waals surface area contributed by atoms with Crippen LogP contribution in [0.1, 0.15) is 61.8 Å². The minimum Gasteiger partial charge on any atom is -0.493 e. The van der Waals surface area contributed by atoms with Crippen LogP contribution in [0.15, 0.2) is 114 Å². The molecular formula is C43H42N4O8S2. The molecule has 0 spiro atoms. The van der Waals surface area contributed by atoms with E-state index in [0.29, 0.717) is 50.9 Å². The fraction of sp³-hybridized carbons (Fsp3) is 0.186. The van der Waals surface area contributed by atoms with Crippen LogP contribution in [-0.4, -0.2) is 55.7 Å². The number of thioether (sulfide) groups is 1. The lowest BCUT2D eigenvalue weighted by Gasteiger charge is -2.16. The largest absolute Gasteiger partial charge is 0.493 e. The first-order valence-electron chi connectivity index (χ1n) is 17.9. The molecule has 1 aromatic heterocycles. The van der Waals surface area contributed by atoms with Gasteiger partial charge in [-0.2, -0.15) is 0 Å². The van der Waals surface area contributed by atoms with E-state index >= 15 is 0 Å². The van der Waals surface area contributed by atoms with Crippen molar-refractivity contribution in [3.05, 3.63) is 136 Å². The summed E-state index contributed by atoms with van der Waals surface area (Å²) in [6.45, 7) is 5.29. The molecule has 0 aliphatic heterocycles. The molecule has 5 aromatic rings. The Morgan fingerprint density at radius 3 is 2.12 bits per heavy atom. The number of esters is 1. The number of hydrogen-bond acceptors (Lipinski definition) is 10. The summed E-state index contributed by atoms with van der Waals surface area (Å²) in [7, 11) is 2.98. The Labute approximate surface area is 339 Å². The molecule has 0 bridgehead atoms. The molecule has 0 aliphatic rings. The zero-order valence-electron chi connectivity index (χ0n) is 32.0. The first-order chi connectivity index (χ1) is 27.6. The molecule has 4 N–H and O–H groups in total. The van der Waals surface area contributed by atoms with Gasteiger partial charge in [0.15, 0.2) is 11.5 Å². The third kappa shape index (κ3) is 10.7. The summed E-state index contributed by atoms with van der Waals surface area (Å²) in [5.74, 6) is -1.74. The molecular weight excluding hydrogens is 765 g/mol. The number of hydrogen-bond donors (Lipinski definition) is 4. The van der Waals surface area contributed by atoms with Crippen molar-refractivity contribution in [1.29, 1.82) is 0 Å². The number of carbonyl (C=O) groups is 5. The fourth-order valence-electron chi connectivity index (χ4n) is 5.62. The summed E-state index contributed by atoms with van der Waals surface area (Å²) in [5, 5.41) is 10.9. The molecule has 0 aliphatic carbocycles. The lowest BCUT2D eigenvalue weighted by atomic mass is 10.1. The molecule has 1 atom stereocenters. The number of carbonyl (C=O) groups excluding carboxylic acids is 5. The average Bonchev–Trinajstić information content (AvgIpc) is 3.55. The molecule has 12 nitrogen and oxygen atoms in total. The normalized spacial score (nSPS) is 11.5. The Morgan fingerprint density at radius 2 is 1.46 bits per heavy atom. The van der Waals surface area contributed by atoms with E-state index in [2.05, 4.69) is 21.3 Å². The summed E-state index contributed by atoms with van der Waals surface area (Å²) in [6.07, 6.45) is 1.91. The van der Waals surface area contributed by atoms with E-state index in [4.69, 9.17) is 14.2 Å². The van der Waals surface area contributed by atoms with Gasteiger partial charge in [-0.1, -0.05) is 61.5 Å². The van der Waals surface area contributed by atoms with Crippen molar-refractivity contribution in [3.8, 4) is 11.5 Å². The maximum absolute atomic E-state index is 13.9. The van der Waals surface area contributed by atoms with Crippen LogP contribution in [0.4, 0.5) is 16.4 Å². The van der Waals surface area contributed by atoms with Gasteiger partial charge in [-0.3, -0.25) is 19.2 Å². The van der Waals surface area contributed by atoms with Crippen molar-refractivity contribution in [2.24, 2.45) is 0 Å². The summed E-state index contributed by atoms with van der Waals surface area (Å²) >= 11 is 2.26. The second-order valence-electron chi connectivity index (χ2n) is 12.2. The zero-order chi connectivity index (χ0) is 40.9. The van der Waals surface area contributed by atoms with Crippen LogP contribution in [0.25, 0.3) is 6.08 Å². The van der Waals surface area contributed by atoms with E-state index in [1.807, 2.05) is 13.0 Å². The van der Waals surface area contributed by atoms with Crippen LogP contribution in [0.3, 0.4) is 0 Å². The van der Waals surface area contributed by atoms with Crippen LogP contribution in [0, 0.1) is 6.92 Å². The highest BCUT2D eigenvalue weighted by molar-refractivity contribution is 8.00. The number of nitrogens with one attached hydrogen (secondary N) is 4. The van der Waals surface area contributed by atoms with E-state index in [1.54, 1.807) is 111 Å². The third-order valence-electron chi connectivity index (χ3n) is 8.40. The Hall–Kier alpha value is -6.38. The lowest BCUT2D eigenvalue weighted by molar-refractivity contribution is -0.116. The van der Waals surface area contributed by atoms with Gasteiger partial charge in [0.2, 0.25) is 5.91 Å². The predicted molar refractivity (Wildman–Crippen MR) is 224 cm³/mol. The van der Waals surface area contributed by atoms with Gasteiger partial charge in [0.25, 0.3) is 17.7 Å². The summed E-state index contributed by atoms with van der Waals surface area (Å²) in [6, 6.07) is 29.5. The van der Waals surface area contributed by atoms with Crippen molar-refractivity contribution >= 4 is 75.1 Å². The first-order valence-corrected chi connectivity index (χ1v) is 19.6. The highest BCUT2D eigenvalue weighted by Gasteiger charge is 2.29. The molecule has 0 saturated carbocycles. The number of methoxy groups -OCH3 is 2. The lowest BCUT2D eigenvalue weighted by Crippen LogP contribution is -2.30. The van der Waals surface area contributed by atoms with E-state index < -0.39 is 28.9 Å². The average molecular weight is 807 g/mol. The van der Waals surface area contributed by atoms with Crippen molar-refractivity contribution in [2.45, 2.75) is 37.3 Å². The van der Waals surface area contributed by atoms with Crippen LogP contribution in [0.2, 0.25) is 0 Å². The van der Waals surface area contributed by atoms with Gasteiger partial charge in [-0.25, -0.2) is 4.79 Å². The van der Waals surface area contributed by atoms with Gasteiger partial charge in [0, 0.05) is 27.4 Å². The highest BCUT2D eigenvalue weighted by Crippen LogP contribution is 2.36. The standard InChI is InChI=1S/C43H42N4O8S2/c1-6-34(40(50)47-42-35(43(52)55-7-2)26(3)37(57-42)41(51)44-29-19-12-9-13-20-29)56-31-22-15-21-30(25-31)45-39(49)32(46-38(48)27-16-10-8-11-17-27)24-28-18-14-23-33(53-4)36(28)54-5/h8-25,34H,6-7H2,1-5H3,(H,44,51)(H,45,49)(H,46,48)(H,47,50)/b32-24+. The molecule has 5 rings (SSSR count). The quantitative estimate of drug-likeness (QED) is 0.0436. The Bertz CT molecular complexity index is 2280. The van der Waals surface area contributed by atoms with Gasteiger partial charge in [-0.15, -0.1) is 23.1 Å². The molecule has 0 fully saturated rings. The minimum atomic E-state index is -0.650. The number of ether oxygens (including phenoxy) is 3. The maximum Gasteiger partial charge on any atom is 0.341 e. The van der Waals surface area contributed by atoms with E-state index in [1.165, 1.54) is 32.1 Å². The molecule has 4 amide bonds. The first kappa shape index (κ1) is 41.8.